The first-order valence-corrected chi connectivity index (χ1v) is 5.86. The summed E-state index contributed by atoms with van der Waals surface area (Å²) in [5, 5.41) is 5.41. The van der Waals surface area contributed by atoms with Crippen LogP contribution in [0.4, 0.5) is 11.4 Å². The fraction of sp³-hybridized carbons (Fsp3) is 0.385. The number of fused-ring (bicyclic) bond motifs is 1. The lowest BCUT2D eigenvalue weighted by Crippen LogP contribution is -2.45. The fourth-order valence-corrected chi connectivity index (χ4v) is 1.75. The van der Waals surface area contributed by atoms with Crippen molar-refractivity contribution in [2.24, 2.45) is 0 Å². The van der Waals surface area contributed by atoms with Crippen LogP contribution in [0.3, 0.4) is 0 Å². The lowest BCUT2D eigenvalue weighted by molar-refractivity contribution is -0.129. The van der Waals surface area contributed by atoms with E-state index in [1.165, 1.54) is 7.11 Å². The van der Waals surface area contributed by atoms with E-state index in [9.17, 15) is 9.59 Å². The van der Waals surface area contributed by atoms with Gasteiger partial charge in [-0.15, -0.1) is 0 Å². The highest BCUT2D eigenvalue weighted by Gasteiger charge is 2.36. The molecule has 0 aromatic heterocycles. The lowest BCUT2D eigenvalue weighted by atomic mass is 10.1. The van der Waals surface area contributed by atoms with Crippen molar-refractivity contribution in [3.63, 3.8) is 0 Å². The van der Waals surface area contributed by atoms with E-state index in [0.717, 1.165) is 0 Å². The van der Waals surface area contributed by atoms with Crippen molar-refractivity contribution in [1.82, 2.24) is 0 Å². The van der Waals surface area contributed by atoms with Gasteiger partial charge in [0.05, 0.1) is 5.69 Å². The molecule has 2 N–H and O–H groups in total. The first-order chi connectivity index (χ1) is 8.94. The quantitative estimate of drug-likeness (QED) is 0.864. The topological polar surface area (TPSA) is 76.7 Å². The Morgan fingerprint density at radius 1 is 1.47 bits per heavy atom. The Labute approximate surface area is 111 Å². The van der Waals surface area contributed by atoms with Crippen LogP contribution in [0.15, 0.2) is 18.2 Å². The van der Waals surface area contributed by atoms with Crippen molar-refractivity contribution in [3.05, 3.63) is 18.2 Å². The van der Waals surface area contributed by atoms with Gasteiger partial charge in [-0.05, 0) is 26.0 Å². The molecule has 0 saturated carbocycles. The van der Waals surface area contributed by atoms with E-state index in [0.29, 0.717) is 17.1 Å². The highest BCUT2D eigenvalue weighted by molar-refractivity contribution is 6.05. The molecule has 0 atom stereocenters. The fourth-order valence-electron chi connectivity index (χ4n) is 1.75. The molecule has 0 bridgehead atoms. The molecule has 1 aromatic rings. The van der Waals surface area contributed by atoms with Crippen molar-refractivity contribution in [3.8, 4) is 5.75 Å². The Hall–Kier alpha value is -2.08. The molecule has 0 aliphatic carbocycles. The molecule has 102 valence electrons. The van der Waals surface area contributed by atoms with Gasteiger partial charge in [0, 0.05) is 7.11 Å². The molecule has 0 radical (unpaired) electrons. The van der Waals surface area contributed by atoms with Crippen molar-refractivity contribution in [2.45, 2.75) is 19.4 Å². The number of carbonyl (C=O) groups is 2. The van der Waals surface area contributed by atoms with E-state index < -0.39 is 5.60 Å². The van der Waals surface area contributed by atoms with Crippen molar-refractivity contribution in [2.75, 3.05) is 24.4 Å². The second kappa shape index (κ2) is 4.89. The molecule has 2 amide bonds. The zero-order chi connectivity index (χ0) is 14.0. The Morgan fingerprint density at radius 2 is 2.21 bits per heavy atom. The standard InChI is InChI=1S/C13H16N2O4/c1-13(2)12(17)15-11-8(14-10(16)7-18-3)5-4-6-9(11)19-13/h4-6H,7H2,1-3H3,(H,14,16)(H,15,17). The minimum atomic E-state index is -0.928. The summed E-state index contributed by atoms with van der Waals surface area (Å²) in [5.74, 6) is -0.0248. The molecule has 1 aliphatic heterocycles. The molecule has 0 unspecified atom stereocenters. The number of benzene rings is 1. The van der Waals surface area contributed by atoms with E-state index in [1.807, 2.05) is 0 Å². The third-order valence-corrected chi connectivity index (χ3v) is 2.73. The Morgan fingerprint density at radius 3 is 2.89 bits per heavy atom. The molecule has 1 aliphatic rings. The smallest absolute Gasteiger partial charge is 0.268 e. The van der Waals surface area contributed by atoms with E-state index in [4.69, 9.17) is 9.47 Å². The Balaban J connectivity index is 2.29. The van der Waals surface area contributed by atoms with Crippen molar-refractivity contribution >= 4 is 23.2 Å². The van der Waals surface area contributed by atoms with E-state index in [-0.39, 0.29) is 18.4 Å². The number of rotatable bonds is 3. The molecule has 6 heteroatoms. The lowest BCUT2D eigenvalue weighted by Gasteiger charge is -2.32. The second-order valence-corrected chi connectivity index (χ2v) is 4.73. The van der Waals surface area contributed by atoms with Crippen molar-refractivity contribution < 1.29 is 19.1 Å². The van der Waals surface area contributed by atoms with Crippen LogP contribution < -0.4 is 15.4 Å². The van der Waals surface area contributed by atoms with E-state index >= 15 is 0 Å². The molecule has 0 saturated heterocycles. The van der Waals surface area contributed by atoms with Gasteiger partial charge in [0.2, 0.25) is 5.91 Å². The van der Waals surface area contributed by atoms with Gasteiger partial charge in [-0.2, -0.15) is 0 Å². The summed E-state index contributed by atoms with van der Waals surface area (Å²) in [6, 6.07) is 5.17. The van der Waals surface area contributed by atoms with Crippen LogP contribution in [0, 0.1) is 0 Å². The zero-order valence-electron chi connectivity index (χ0n) is 11.1. The number of hydrogen-bond donors (Lipinski definition) is 2. The van der Waals surface area contributed by atoms with Gasteiger partial charge in [0.25, 0.3) is 5.91 Å². The number of para-hydroxylation sites is 1. The number of methoxy groups -OCH3 is 1. The van der Waals surface area contributed by atoms with Gasteiger partial charge in [-0.1, -0.05) is 6.07 Å². The number of carbonyl (C=O) groups excluding carboxylic acids is 2. The summed E-state index contributed by atoms with van der Waals surface area (Å²) in [7, 11) is 1.44. The van der Waals surface area contributed by atoms with Crippen LogP contribution in [0.1, 0.15) is 13.8 Å². The molecule has 1 aromatic carbocycles. The predicted octanol–water partition coefficient (Wildman–Crippen LogP) is 1.38. The van der Waals surface area contributed by atoms with E-state index in [2.05, 4.69) is 10.6 Å². The summed E-state index contributed by atoms with van der Waals surface area (Å²) in [6.45, 7) is 3.31. The highest BCUT2D eigenvalue weighted by Crippen LogP contribution is 2.38. The highest BCUT2D eigenvalue weighted by atomic mass is 16.5. The van der Waals surface area contributed by atoms with Crippen molar-refractivity contribution in [1.29, 1.82) is 0 Å². The van der Waals surface area contributed by atoms with Gasteiger partial charge in [-0.25, -0.2) is 0 Å². The van der Waals surface area contributed by atoms with Crippen LogP contribution >= 0.6 is 0 Å². The summed E-state index contributed by atoms with van der Waals surface area (Å²) < 4.78 is 10.4. The molecule has 0 spiro atoms. The Bertz CT molecular complexity index is 525. The summed E-state index contributed by atoms with van der Waals surface area (Å²) in [6.07, 6.45) is 0. The maximum absolute atomic E-state index is 11.9. The summed E-state index contributed by atoms with van der Waals surface area (Å²) in [5.41, 5.74) is 0.0296. The molecule has 19 heavy (non-hydrogen) atoms. The first-order valence-electron chi connectivity index (χ1n) is 5.86. The van der Waals surface area contributed by atoms with Gasteiger partial charge < -0.3 is 20.1 Å². The summed E-state index contributed by atoms with van der Waals surface area (Å²) >= 11 is 0. The number of nitrogens with one attached hydrogen (secondary N) is 2. The minimum absolute atomic E-state index is 0.0516. The number of anilines is 2. The number of amides is 2. The van der Waals surface area contributed by atoms with Crippen LogP contribution in [0.2, 0.25) is 0 Å². The van der Waals surface area contributed by atoms with E-state index in [1.54, 1.807) is 32.0 Å². The third kappa shape index (κ3) is 2.68. The van der Waals surface area contributed by atoms with Gasteiger partial charge in [-0.3, -0.25) is 9.59 Å². The monoisotopic (exact) mass is 264 g/mol. The second-order valence-electron chi connectivity index (χ2n) is 4.73. The molecular weight excluding hydrogens is 248 g/mol. The normalized spacial score (nSPS) is 16.1. The largest absolute Gasteiger partial charge is 0.476 e. The maximum Gasteiger partial charge on any atom is 0.268 e. The molecular formula is C13H16N2O4. The average Bonchev–Trinajstić information content (AvgIpc) is 2.31. The average molecular weight is 264 g/mol. The molecule has 0 fully saturated rings. The maximum atomic E-state index is 11.9. The number of hydrogen-bond acceptors (Lipinski definition) is 4. The SMILES string of the molecule is COCC(=O)Nc1cccc2c1NC(=O)C(C)(C)O2. The van der Waals surface area contributed by atoms with Crippen LogP contribution in [0.5, 0.6) is 5.75 Å². The van der Waals surface area contributed by atoms with Gasteiger partial charge in [0.15, 0.2) is 5.60 Å². The minimum Gasteiger partial charge on any atom is -0.476 e. The van der Waals surface area contributed by atoms with Gasteiger partial charge in [0.1, 0.15) is 18.0 Å². The van der Waals surface area contributed by atoms with Crippen LogP contribution in [-0.2, 0) is 14.3 Å². The van der Waals surface area contributed by atoms with Crippen LogP contribution in [0.25, 0.3) is 0 Å². The molecule has 1 heterocycles. The molecule has 6 nitrogen and oxygen atoms in total. The zero-order valence-corrected chi connectivity index (χ0v) is 11.1. The number of ether oxygens (including phenoxy) is 2. The third-order valence-electron chi connectivity index (χ3n) is 2.73. The first kappa shape index (κ1) is 13.4. The summed E-state index contributed by atoms with van der Waals surface area (Å²) in [4.78, 5) is 23.4. The predicted molar refractivity (Wildman–Crippen MR) is 70.3 cm³/mol. The molecule has 2 rings (SSSR count). The van der Waals surface area contributed by atoms with Gasteiger partial charge >= 0.3 is 0 Å². The van der Waals surface area contributed by atoms with Crippen LogP contribution in [-0.4, -0.2) is 31.1 Å². The Kier molecular flexibility index (Phi) is 3.44.